The standard InChI is InChI=1S/C22H27NO4/c1-6-20(27-17-12-11-14(3)15(4)13-17)21(24)23-19-10-8-9-18(16(19)5)22(25)26-7-2/h8-13,20H,6-7H2,1-5H3,(H,23,24)/t20-/m1/s1. The third kappa shape index (κ3) is 5.09. The van der Waals surface area contributed by atoms with Gasteiger partial charge in [0.2, 0.25) is 0 Å². The summed E-state index contributed by atoms with van der Waals surface area (Å²) in [6.07, 6.45) is -0.104. The van der Waals surface area contributed by atoms with E-state index in [1.807, 2.05) is 39.0 Å². The van der Waals surface area contributed by atoms with Gasteiger partial charge in [0.1, 0.15) is 5.75 Å². The van der Waals surface area contributed by atoms with Crippen LogP contribution in [0.4, 0.5) is 5.69 Å². The van der Waals surface area contributed by atoms with Crippen molar-refractivity contribution in [2.75, 3.05) is 11.9 Å². The summed E-state index contributed by atoms with van der Waals surface area (Å²) in [6, 6.07) is 10.9. The van der Waals surface area contributed by atoms with Crippen molar-refractivity contribution < 1.29 is 19.1 Å². The van der Waals surface area contributed by atoms with Gasteiger partial charge in [0.15, 0.2) is 6.10 Å². The molecule has 0 radical (unpaired) electrons. The van der Waals surface area contributed by atoms with Crippen LogP contribution in [0.5, 0.6) is 5.75 Å². The van der Waals surface area contributed by atoms with Gasteiger partial charge in [0, 0.05) is 5.69 Å². The van der Waals surface area contributed by atoms with Gasteiger partial charge in [-0.2, -0.15) is 0 Å². The average Bonchev–Trinajstić information content (AvgIpc) is 2.64. The number of benzene rings is 2. The minimum Gasteiger partial charge on any atom is -0.481 e. The van der Waals surface area contributed by atoms with Gasteiger partial charge in [-0.3, -0.25) is 4.79 Å². The van der Waals surface area contributed by atoms with E-state index in [0.717, 1.165) is 5.56 Å². The fraction of sp³-hybridized carbons (Fsp3) is 0.364. The quantitative estimate of drug-likeness (QED) is 0.725. The zero-order chi connectivity index (χ0) is 20.0. The second-order valence-corrected chi connectivity index (χ2v) is 6.45. The number of hydrogen-bond donors (Lipinski definition) is 1. The van der Waals surface area contributed by atoms with Crippen LogP contribution in [0.25, 0.3) is 0 Å². The zero-order valence-electron chi connectivity index (χ0n) is 16.6. The van der Waals surface area contributed by atoms with Gasteiger partial charge in [-0.25, -0.2) is 4.79 Å². The first-order valence-electron chi connectivity index (χ1n) is 9.18. The molecule has 0 saturated carbocycles. The van der Waals surface area contributed by atoms with Crippen molar-refractivity contribution in [1.29, 1.82) is 0 Å². The lowest BCUT2D eigenvalue weighted by Gasteiger charge is -2.19. The Morgan fingerprint density at radius 3 is 2.41 bits per heavy atom. The molecular weight excluding hydrogens is 342 g/mol. The fourth-order valence-corrected chi connectivity index (χ4v) is 2.69. The Bertz CT molecular complexity index is 829. The summed E-state index contributed by atoms with van der Waals surface area (Å²) in [7, 11) is 0. The SMILES string of the molecule is CCOC(=O)c1cccc(NC(=O)[C@@H](CC)Oc2ccc(C)c(C)c2)c1C. The fourth-order valence-electron chi connectivity index (χ4n) is 2.69. The Kier molecular flexibility index (Phi) is 6.99. The van der Waals surface area contributed by atoms with Gasteiger partial charge in [-0.05, 0) is 75.1 Å². The highest BCUT2D eigenvalue weighted by Gasteiger charge is 2.21. The molecule has 2 aromatic rings. The molecule has 0 saturated heterocycles. The van der Waals surface area contributed by atoms with E-state index in [-0.39, 0.29) is 5.91 Å². The van der Waals surface area contributed by atoms with Crippen LogP contribution in [0.15, 0.2) is 36.4 Å². The third-order valence-electron chi connectivity index (χ3n) is 4.51. The molecule has 5 nitrogen and oxygen atoms in total. The molecule has 0 unspecified atom stereocenters. The predicted octanol–water partition coefficient (Wildman–Crippen LogP) is 4.58. The van der Waals surface area contributed by atoms with Crippen molar-refractivity contribution in [2.45, 2.75) is 47.1 Å². The lowest BCUT2D eigenvalue weighted by Crippen LogP contribution is -2.32. The van der Waals surface area contributed by atoms with Crippen molar-refractivity contribution in [1.82, 2.24) is 0 Å². The van der Waals surface area contributed by atoms with E-state index in [1.54, 1.807) is 32.0 Å². The van der Waals surface area contributed by atoms with Gasteiger partial charge >= 0.3 is 5.97 Å². The molecule has 0 heterocycles. The van der Waals surface area contributed by atoms with Crippen LogP contribution in [-0.4, -0.2) is 24.6 Å². The Hall–Kier alpha value is -2.82. The average molecular weight is 369 g/mol. The number of carbonyl (C=O) groups excluding carboxylic acids is 2. The molecule has 5 heteroatoms. The summed E-state index contributed by atoms with van der Waals surface area (Å²) < 4.78 is 10.9. The molecular formula is C22H27NO4. The number of ether oxygens (including phenoxy) is 2. The molecule has 27 heavy (non-hydrogen) atoms. The Morgan fingerprint density at radius 2 is 1.78 bits per heavy atom. The number of anilines is 1. The van der Waals surface area contributed by atoms with Gasteiger partial charge < -0.3 is 14.8 Å². The monoisotopic (exact) mass is 369 g/mol. The van der Waals surface area contributed by atoms with Crippen LogP contribution in [-0.2, 0) is 9.53 Å². The minimum absolute atomic E-state index is 0.250. The molecule has 0 bridgehead atoms. The molecule has 0 spiro atoms. The van der Waals surface area contributed by atoms with E-state index in [9.17, 15) is 9.59 Å². The second-order valence-electron chi connectivity index (χ2n) is 6.45. The molecule has 0 fully saturated rings. The predicted molar refractivity (Wildman–Crippen MR) is 106 cm³/mol. The Balaban J connectivity index is 2.15. The lowest BCUT2D eigenvalue weighted by molar-refractivity contribution is -0.122. The summed E-state index contributed by atoms with van der Waals surface area (Å²) in [5.41, 5.74) is 3.97. The van der Waals surface area contributed by atoms with Crippen molar-refractivity contribution in [3.05, 3.63) is 58.7 Å². The summed E-state index contributed by atoms with van der Waals surface area (Å²) in [6.45, 7) is 9.78. The second kappa shape index (κ2) is 9.21. The minimum atomic E-state index is -0.627. The first-order valence-corrected chi connectivity index (χ1v) is 9.18. The summed E-state index contributed by atoms with van der Waals surface area (Å²) in [4.78, 5) is 24.7. The Morgan fingerprint density at radius 1 is 1.04 bits per heavy atom. The van der Waals surface area contributed by atoms with Crippen molar-refractivity contribution >= 4 is 17.6 Å². The largest absolute Gasteiger partial charge is 0.481 e. The smallest absolute Gasteiger partial charge is 0.338 e. The van der Waals surface area contributed by atoms with Gasteiger partial charge in [-0.15, -0.1) is 0 Å². The molecule has 2 rings (SSSR count). The normalized spacial score (nSPS) is 11.6. The number of carbonyl (C=O) groups is 2. The number of hydrogen-bond acceptors (Lipinski definition) is 4. The van der Waals surface area contributed by atoms with Crippen LogP contribution in [0, 0.1) is 20.8 Å². The maximum atomic E-state index is 12.7. The molecule has 0 aliphatic rings. The maximum absolute atomic E-state index is 12.7. The number of aryl methyl sites for hydroxylation is 2. The number of amides is 1. The highest BCUT2D eigenvalue weighted by molar-refractivity contribution is 5.98. The molecule has 0 aromatic heterocycles. The number of esters is 1. The zero-order valence-corrected chi connectivity index (χ0v) is 16.6. The molecule has 144 valence electrons. The highest BCUT2D eigenvalue weighted by Crippen LogP contribution is 2.22. The van der Waals surface area contributed by atoms with E-state index >= 15 is 0 Å². The molecule has 0 aliphatic carbocycles. The topological polar surface area (TPSA) is 64.6 Å². The van der Waals surface area contributed by atoms with Crippen LogP contribution in [0.3, 0.4) is 0 Å². The molecule has 1 N–H and O–H groups in total. The number of rotatable bonds is 7. The third-order valence-corrected chi connectivity index (χ3v) is 4.51. The Labute approximate surface area is 160 Å². The first-order chi connectivity index (χ1) is 12.9. The molecule has 2 aromatic carbocycles. The van der Waals surface area contributed by atoms with Crippen molar-refractivity contribution in [3.8, 4) is 5.75 Å². The van der Waals surface area contributed by atoms with Crippen LogP contribution < -0.4 is 10.1 Å². The van der Waals surface area contributed by atoms with Gasteiger partial charge in [0.05, 0.1) is 12.2 Å². The van der Waals surface area contributed by atoms with Crippen LogP contribution in [0.1, 0.15) is 47.3 Å². The van der Waals surface area contributed by atoms with E-state index in [2.05, 4.69) is 5.32 Å². The van der Waals surface area contributed by atoms with Crippen molar-refractivity contribution in [2.24, 2.45) is 0 Å². The molecule has 1 atom stereocenters. The van der Waals surface area contributed by atoms with E-state index in [0.29, 0.717) is 35.6 Å². The van der Waals surface area contributed by atoms with Gasteiger partial charge in [-0.1, -0.05) is 19.1 Å². The highest BCUT2D eigenvalue weighted by atomic mass is 16.5. The maximum Gasteiger partial charge on any atom is 0.338 e. The molecule has 0 aliphatic heterocycles. The number of nitrogens with one attached hydrogen (secondary N) is 1. The van der Waals surface area contributed by atoms with Crippen LogP contribution >= 0.6 is 0 Å². The summed E-state index contributed by atoms with van der Waals surface area (Å²) in [5.74, 6) is 0.0152. The lowest BCUT2D eigenvalue weighted by atomic mass is 10.1. The van der Waals surface area contributed by atoms with E-state index in [4.69, 9.17) is 9.47 Å². The summed E-state index contributed by atoms with van der Waals surface area (Å²) in [5, 5.41) is 2.87. The summed E-state index contributed by atoms with van der Waals surface area (Å²) >= 11 is 0. The van der Waals surface area contributed by atoms with E-state index in [1.165, 1.54) is 5.56 Å². The van der Waals surface area contributed by atoms with Crippen LogP contribution in [0.2, 0.25) is 0 Å². The van der Waals surface area contributed by atoms with Crippen molar-refractivity contribution in [3.63, 3.8) is 0 Å². The first kappa shape index (κ1) is 20.5. The van der Waals surface area contributed by atoms with E-state index < -0.39 is 12.1 Å². The molecule has 1 amide bonds. The van der Waals surface area contributed by atoms with Gasteiger partial charge in [0.25, 0.3) is 5.91 Å².